The van der Waals surface area contributed by atoms with E-state index in [9.17, 15) is 18.0 Å². The molecule has 2 unspecified atom stereocenters. The van der Waals surface area contributed by atoms with Gasteiger partial charge in [0.1, 0.15) is 0 Å². The molecule has 1 aromatic heterocycles. The first-order chi connectivity index (χ1) is 11.7. The van der Waals surface area contributed by atoms with Crippen LogP contribution in [0.15, 0.2) is 32.7 Å². The van der Waals surface area contributed by atoms with Crippen LogP contribution in [-0.2, 0) is 24.1 Å². The van der Waals surface area contributed by atoms with Crippen molar-refractivity contribution in [3.8, 4) is 0 Å². The second-order valence-corrected chi connectivity index (χ2v) is 8.59. The van der Waals surface area contributed by atoms with Crippen molar-refractivity contribution in [3.05, 3.63) is 39.0 Å². The van der Waals surface area contributed by atoms with Gasteiger partial charge in [0, 0.05) is 20.1 Å². The average molecular weight is 365 g/mol. The lowest BCUT2D eigenvalue weighted by atomic mass is 9.87. The summed E-state index contributed by atoms with van der Waals surface area (Å²) in [4.78, 5) is 24.4. The van der Waals surface area contributed by atoms with Crippen LogP contribution in [0.1, 0.15) is 32.6 Å². The van der Waals surface area contributed by atoms with Crippen LogP contribution < -0.4 is 16.0 Å². The number of nitrogens with one attached hydrogen (secondary N) is 1. The number of nitrogens with zero attached hydrogens (tertiary/aromatic N) is 2. The Hall–Kier alpha value is -1.93. The SMILES string of the molecule is CC1CCCCC1NS(=O)(=O)c1ccc2c(c1)c(=O)n(C)c(=O)n2C. The molecule has 0 aliphatic heterocycles. The van der Waals surface area contributed by atoms with E-state index in [-0.39, 0.29) is 22.2 Å². The van der Waals surface area contributed by atoms with Gasteiger partial charge in [0.25, 0.3) is 5.56 Å². The third kappa shape index (κ3) is 3.16. The molecular formula is C17H23N3O4S. The lowest BCUT2D eigenvalue weighted by Gasteiger charge is -2.29. The van der Waals surface area contributed by atoms with Gasteiger partial charge in [0.05, 0.1) is 15.8 Å². The summed E-state index contributed by atoms with van der Waals surface area (Å²) in [6, 6.07) is 4.22. The average Bonchev–Trinajstić information content (AvgIpc) is 2.59. The first kappa shape index (κ1) is 17.9. The Labute approximate surface area is 146 Å². The van der Waals surface area contributed by atoms with Crippen molar-refractivity contribution in [2.75, 3.05) is 0 Å². The molecule has 0 bridgehead atoms. The summed E-state index contributed by atoms with van der Waals surface area (Å²) in [5.74, 6) is 0.290. The van der Waals surface area contributed by atoms with E-state index in [1.807, 2.05) is 0 Å². The summed E-state index contributed by atoms with van der Waals surface area (Å²) in [6.07, 6.45) is 3.97. The van der Waals surface area contributed by atoms with Gasteiger partial charge in [-0.1, -0.05) is 19.8 Å². The van der Waals surface area contributed by atoms with Gasteiger partial charge >= 0.3 is 5.69 Å². The minimum Gasteiger partial charge on any atom is -0.296 e. The quantitative estimate of drug-likeness (QED) is 0.882. The molecule has 0 radical (unpaired) electrons. The molecule has 1 heterocycles. The Bertz CT molecular complexity index is 1040. The van der Waals surface area contributed by atoms with Gasteiger partial charge in [-0.25, -0.2) is 17.9 Å². The monoisotopic (exact) mass is 365 g/mol. The van der Waals surface area contributed by atoms with E-state index >= 15 is 0 Å². The van der Waals surface area contributed by atoms with Crippen molar-refractivity contribution in [1.82, 2.24) is 13.9 Å². The number of hydrogen-bond donors (Lipinski definition) is 1. The highest BCUT2D eigenvalue weighted by molar-refractivity contribution is 7.89. The molecule has 2 aromatic rings. The van der Waals surface area contributed by atoms with Crippen LogP contribution in [0.5, 0.6) is 0 Å². The molecule has 2 atom stereocenters. The number of benzene rings is 1. The van der Waals surface area contributed by atoms with Crippen LogP contribution >= 0.6 is 0 Å². The fraction of sp³-hybridized carbons (Fsp3) is 0.529. The van der Waals surface area contributed by atoms with Gasteiger partial charge < -0.3 is 0 Å². The van der Waals surface area contributed by atoms with Gasteiger partial charge in [0.15, 0.2) is 0 Å². The smallest absolute Gasteiger partial charge is 0.296 e. The Morgan fingerprint density at radius 1 is 1.08 bits per heavy atom. The molecule has 1 N–H and O–H groups in total. The van der Waals surface area contributed by atoms with E-state index in [2.05, 4.69) is 11.6 Å². The van der Waals surface area contributed by atoms with E-state index in [1.165, 1.54) is 29.8 Å². The van der Waals surface area contributed by atoms with Crippen LogP contribution in [0.4, 0.5) is 0 Å². The van der Waals surface area contributed by atoms with Crippen molar-refractivity contribution in [2.45, 2.75) is 43.5 Å². The first-order valence-electron chi connectivity index (χ1n) is 8.44. The summed E-state index contributed by atoms with van der Waals surface area (Å²) in [5, 5.41) is 0.212. The molecule has 25 heavy (non-hydrogen) atoms. The Balaban J connectivity index is 2.07. The van der Waals surface area contributed by atoms with E-state index in [1.54, 1.807) is 7.05 Å². The Morgan fingerprint density at radius 2 is 1.76 bits per heavy atom. The molecule has 3 rings (SSSR count). The van der Waals surface area contributed by atoms with Crippen molar-refractivity contribution >= 4 is 20.9 Å². The number of fused-ring (bicyclic) bond motifs is 1. The molecule has 8 heteroatoms. The predicted molar refractivity (Wildman–Crippen MR) is 96.2 cm³/mol. The van der Waals surface area contributed by atoms with E-state index in [0.717, 1.165) is 30.3 Å². The summed E-state index contributed by atoms with van der Waals surface area (Å²) in [5.41, 5.74) is -0.526. The summed E-state index contributed by atoms with van der Waals surface area (Å²) in [6.45, 7) is 2.05. The number of aryl methyl sites for hydroxylation is 1. The second-order valence-electron chi connectivity index (χ2n) is 6.87. The predicted octanol–water partition coefficient (Wildman–Crippen LogP) is 1.09. The molecule has 1 aliphatic rings. The minimum atomic E-state index is -3.72. The summed E-state index contributed by atoms with van der Waals surface area (Å²) < 4.78 is 30.6. The molecule has 0 spiro atoms. The fourth-order valence-electron chi connectivity index (χ4n) is 3.50. The normalized spacial score (nSPS) is 21.6. The highest BCUT2D eigenvalue weighted by Gasteiger charge is 2.27. The highest BCUT2D eigenvalue weighted by atomic mass is 32.2. The van der Waals surface area contributed by atoms with Gasteiger partial charge in [-0.05, 0) is 37.0 Å². The number of rotatable bonds is 3. The third-order valence-electron chi connectivity index (χ3n) is 5.17. The summed E-state index contributed by atoms with van der Waals surface area (Å²) in [7, 11) is -0.784. The van der Waals surface area contributed by atoms with E-state index in [0.29, 0.717) is 5.52 Å². The molecule has 1 saturated carbocycles. The fourth-order valence-corrected chi connectivity index (χ4v) is 4.91. The van der Waals surface area contributed by atoms with Gasteiger partial charge in [0.2, 0.25) is 10.0 Å². The third-order valence-corrected chi connectivity index (χ3v) is 6.65. The second kappa shape index (κ2) is 6.42. The van der Waals surface area contributed by atoms with Crippen molar-refractivity contribution in [3.63, 3.8) is 0 Å². The molecule has 0 saturated heterocycles. The first-order valence-corrected chi connectivity index (χ1v) is 9.93. The molecule has 1 fully saturated rings. The Kier molecular flexibility index (Phi) is 4.59. The lowest BCUT2D eigenvalue weighted by molar-refractivity contribution is 0.310. The minimum absolute atomic E-state index is 0.0496. The van der Waals surface area contributed by atoms with Crippen molar-refractivity contribution < 1.29 is 8.42 Å². The molecule has 7 nitrogen and oxygen atoms in total. The topological polar surface area (TPSA) is 90.2 Å². The van der Waals surface area contributed by atoms with Crippen LogP contribution in [-0.4, -0.2) is 23.6 Å². The maximum absolute atomic E-state index is 12.7. The van der Waals surface area contributed by atoms with Gasteiger partial charge in [-0.3, -0.25) is 13.9 Å². The number of aromatic nitrogens is 2. The molecule has 136 valence electrons. The van der Waals surface area contributed by atoms with E-state index < -0.39 is 21.3 Å². The zero-order valence-electron chi connectivity index (χ0n) is 14.7. The number of sulfonamides is 1. The molecular weight excluding hydrogens is 342 g/mol. The maximum atomic E-state index is 12.7. The van der Waals surface area contributed by atoms with Crippen molar-refractivity contribution in [1.29, 1.82) is 0 Å². The molecule has 0 amide bonds. The van der Waals surface area contributed by atoms with Crippen LogP contribution in [0.3, 0.4) is 0 Å². The Morgan fingerprint density at radius 3 is 2.44 bits per heavy atom. The number of hydrogen-bond acceptors (Lipinski definition) is 4. The van der Waals surface area contributed by atoms with Crippen molar-refractivity contribution in [2.24, 2.45) is 20.0 Å². The molecule has 1 aliphatic carbocycles. The largest absolute Gasteiger partial charge is 0.330 e. The van der Waals surface area contributed by atoms with Gasteiger partial charge in [-0.15, -0.1) is 0 Å². The maximum Gasteiger partial charge on any atom is 0.330 e. The zero-order chi connectivity index (χ0) is 18.4. The molecule has 1 aromatic carbocycles. The summed E-state index contributed by atoms with van der Waals surface area (Å²) >= 11 is 0. The van der Waals surface area contributed by atoms with Crippen LogP contribution in [0, 0.1) is 5.92 Å². The lowest BCUT2D eigenvalue weighted by Crippen LogP contribution is -2.41. The highest BCUT2D eigenvalue weighted by Crippen LogP contribution is 2.25. The van der Waals surface area contributed by atoms with Gasteiger partial charge in [-0.2, -0.15) is 0 Å². The van der Waals surface area contributed by atoms with Crippen LogP contribution in [0.25, 0.3) is 10.9 Å². The standard InChI is InChI=1S/C17H23N3O4S/c1-11-6-4-5-7-14(11)18-25(23,24)12-8-9-15-13(10-12)16(21)20(3)17(22)19(15)2/h8-11,14,18H,4-7H2,1-3H3. The van der Waals surface area contributed by atoms with Crippen LogP contribution in [0.2, 0.25) is 0 Å². The van der Waals surface area contributed by atoms with E-state index in [4.69, 9.17) is 0 Å². The zero-order valence-corrected chi connectivity index (χ0v) is 15.5.